The van der Waals surface area contributed by atoms with Crippen molar-refractivity contribution in [2.24, 2.45) is 0 Å². The number of carbonyl (C=O) groups excluding carboxylic acids is 1. The van der Waals surface area contributed by atoms with E-state index in [1.165, 1.54) is 0 Å². The van der Waals surface area contributed by atoms with Crippen LogP contribution in [0.3, 0.4) is 0 Å². The molecule has 1 N–H and O–H groups in total. The normalized spacial score (nSPS) is 20.0. The Kier molecular flexibility index (Phi) is 4.33. The van der Waals surface area contributed by atoms with Gasteiger partial charge in [0.1, 0.15) is 0 Å². The number of aliphatic hydroxyl groups is 1. The van der Waals surface area contributed by atoms with Crippen LogP contribution in [-0.2, 0) is 11.3 Å². The second-order valence-electron chi connectivity index (χ2n) is 4.91. The molecule has 1 amide bonds. The number of likely N-dealkylation sites (tertiary alicyclic amines) is 1. The van der Waals surface area contributed by atoms with Gasteiger partial charge in [-0.3, -0.25) is 9.69 Å². The molecule has 0 saturated carbocycles. The maximum Gasteiger partial charge on any atom is 0.236 e. The molecule has 0 spiro atoms. The maximum atomic E-state index is 12.0. The molecule has 4 nitrogen and oxygen atoms in total. The number of benzene rings is 1. The summed E-state index contributed by atoms with van der Waals surface area (Å²) in [6.45, 7) is 2.47. The van der Waals surface area contributed by atoms with E-state index in [9.17, 15) is 9.90 Å². The number of likely N-dealkylation sites (N-methyl/N-ethyl adjacent to an activating group) is 1. The lowest BCUT2D eigenvalue weighted by Gasteiger charge is -2.21. The lowest BCUT2D eigenvalue weighted by molar-refractivity contribution is -0.131. The van der Waals surface area contributed by atoms with Gasteiger partial charge in [-0.1, -0.05) is 30.3 Å². The first-order valence-corrected chi connectivity index (χ1v) is 6.33. The molecular weight excluding hydrogens is 228 g/mol. The molecule has 1 heterocycles. The average Bonchev–Trinajstić information content (AvgIpc) is 2.76. The van der Waals surface area contributed by atoms with Crippen molar-refractivity contribution in [3.05, 3.63) is 35.9 Å². The second kappa shape index (κ2) is 5.98. The zero-order valence-electron chi connectivity index (χ0n) is 10.7. The van der Waals surface area contributed by atoms with E-state index in [-0.39, 0.29) is 12.0 Å². The van der Waals surface area contributed by atoms with Crippen molar-refractivity contribution >= 4 is 5.91 Å². The van der Waals surface area contributed by atoms with Crippen LogP contribution in [0.1, 0.15) is 12.0 Å². The first kappa shape index (κ1) is 13.1. The van der Waals surface area contributed by atoms with Crippen LogP contribution in [0.25, 0.3) is 0 Å². The lowest BCUT2D eigenvalue weighted by atomic mass is 10.2. The number of rotatable bonds is 4. The van der Waals surface area contributed by atoms with Crippen molar-refractivity contribution < 1.29 is 9.90 Å². The summed E-state index contributed by atoms with van der Waals surface area (Å²) in [5, 5.41) is 9.42. The minimum absolute atomic E-state index is 0.105. The second-order valence-corrected chi connectivity index (χ2v) is 4.91. The first-order chi connectivity index (χ1) is 8.65. The Morgan fingerprint density at radius 2 is 2.17 bits per heavy atom. The van der Waals surface area contributed by atoms with Crippen LogP contribution >= 0.6 is 0 Å². The van der Waals surface area contributed by atoms with Gasteiger partial charge in [0.05, 0.1) is 12.6 Å². The lowest BCUT2D eigenvalue weighted by Crippen LogP contribution is -2.37. The van der Waals surface area contributed by atoms with Gasteiger partial charge >= 0.3 is 0 Å². The highest BCUT2D eigenvalue weighted by Gasteiger charge is 2.23. The number of nitrogens with zero attached hydrogens (tertiary/aromatic N) is 2. The minimum Gasteiger partial charge on any atom is -0.392 e. The Bertz CT molecular complexity index is 394. The first-order valence-electron chi connectivity index (χ1n) is 6.33. The molecular formula is C14H20N2O2. The van der Waals surface area contributed by atoms with Gasteiger partial charge in [-0.25, -0.2) is 0 Å². The molecule has 0 radical (unpaired) electrons. The van der Waals surface area contributed by atoms with Crippen LogP contribution in [0.5, 0.6) is 0 Å². The summed E-state index contributed by atoms with van der Waals surface area (Å²) in [7, 11) is 1.82. The summed E-state index contributed by atoms with van der Waals surface area (Å²) >= 11 is 0. The van der Waals surface area contributed by atoms with Crippen LogP contribution in [0.15, 0.2) is 30.3 Å². The van der Waals surface area contributed by atoms with Crippen LogP contribution in [-0.4, -0.2) is 53.6 Å². The molecule has 1 saturated heterocycles. The highest BCUT2D eigenvalue weighted by Crippen LogP contribution is 2.09. The number of hydrogen-bond acceptors (Lipinski definition) is 3. The molecule has 18 heavy (non-hydrogen) atoms. The Hall–Kier alpha value is -1.39. The Morgan fingerprint density at radius 3 is 2.78 bits per heavy atom. The van der Waals surface area contributed by atoms with Gasteiger partial charge in [0, 0.05) is 26.7 Å². The summed E-state index contributed by atoms with van der Waals surface area (Å²) in [5.74, 6) is 0.105. The number of amides is 1. The summed E-state index contributed by atoms with van der Waals surface area (Å²) in [6, 6.07) is 9.96. The monoisotopic (exact) mass is 248 g/mol. The predicted octanol–water partition coefficient (Wildman–Crippen LogP) is 0.712. The van der Waals surface area contributed by atoms with E-state index < -0.39 is 0 Å². The van der Waals surface area contributed by atoms with Crippen molar-refractivity contribution in [1.82, 2.24) is 9.80 Å². The van der Waals surface area contributed by atoms with E-state index >= 15 is 0 Å². The van der Waals surface area contributed by atoms with Gasteiger partial charge in [0.15, 0.2) is 0 Å². The fourth-order valence-corrected chi connectivity index (χ4v) is 2.21. The third-order valence-electron chi connectivity index (χ3n) is 3.29. The zero-order chi connectivity index (χ0) is 13.0. The standard InChI is InChI=1S/C14H20N2O2/c1-15(9-12-5-3-2-4-6-12)14(18)11-16-8-7-13(17)10-16/h2-6,13,17H,7-11H2,1H3. The molecule has 4 heteroatoms. The van der Waals surface area contributed by atoms with Gasteiger partial charge in [0.2, 0.25) is 5.91 Å². The fraction of sp³-hybridized carbons (Fsp3) is 0.500. The fourth-order valence-electron chi connectivity index (χ4n) is 2.21. The van der Waals surface area contributed by atoms with Crippen LogP contribution in [0.4, 0.5) is 0 Å². The molecule has 1 atom stereocenters. The highest BCUT2D eigenvalue weighted by molar-refractivity contribution is 5.78. The molecule has 1 aliphatic heterocycles. The number of β-amino-alcohol motifs (C(OH)–C–C–N with tert-alkyl or cyclic N) is 1. The summed E-state index contributed by atoms with van der Waals surface area (Å²) < 4.78 is 0. The highest BCUT2D eigenvalue weighted by atomic mass is 16.3. The number of aliphatic hydroxyl groups excluding tert-OH is 1. The Balaban J connectivity index is 1.82. The zero-order valence-corrected chi connectivity index (χ0v) is 10.7. The van der Waals surface area contributed by atoms with Gasteiger partial charge < -0.3 is 10.0 Å². The maximum absolute atomic E-state index is 12.0. The molecule has 1 aromatic carbocycles. The van der Waals surface area contributed by atoms with Crippen molar-refractivity contribution in [2.75, 3.05) is 26.7 Å². The van der Waals surface area contributed by atoms with Crippen molar-refractivity contribution in [1.29, 1.82) is 0 Å². The number of hydrogen-bond donors (Lipinski definition) is 1. The van der Waals surface area contributed by atoms with Crippen LogP contribution in [0, 0.1) is 0 Å². The largest absolute Gasteiger partial charge is 0.392 e. The molecule has 1 aliphatic rings. The van der Waals surface area contributed by atoms with Gasteiger partial charge in [-0.15, -0.1) is 0 Å². The van der Waals surface area contributed by atoms with E-state index in [0.717, 1.165) is 18.5 Å². The van der Waals surface area contributed by atoms with Crippen LogP contribution < -0.4 is 0 Å². The van der Waals surface area contributed by atoms with Gasteiger partial charge in [0.25, 0.3) is 0 Å². The van der Waals surface area contributed by atoms with Gasteiger partial charge in [-0.05, 0) is 12.0 Å². The Morgan fingerprint density at radius 1 is 1.44 bits per heavy atom. The molecule has 1 unspecified atom stereocenters. The molecule has 1 aromatic rings. The third kappa shape index (κ3) is 3.55. The quantitative estimate of drug-likeness (QED) is 0.853. The molecule has 0 aromatic heterocycles. The number of carbonyl (C=O) groups is 1. The summed E-state index contributed by atoms with van der Waals surface area (Å²) in [5.41, 5.74) is 1.13. The van der Waals surface area contributed by atoms with Gasteiger partial charge in [-0.2, -0.15) is 0 Å². The smallest absolute Gasteiger partial charge is 0.236 e. The van der Waals surface area contributed by atoms with E-state index in [4.69, 9.17) is 0 Å². The molecule has 0 aliphatic carbocycles. The molecule has 1 fully saturated rings. The SMILES string of the molecule is CN(Cc1ccccc1)C(=O)CN1CCC(O)C1. The van der Waals surface area contributed by atoms with Crippen molar-refractivity contribution in [3.8, 4) is 0 Å². The molecule has 98 valence electrons. The molecule has 2 rings (SSSR count). The van der Waals surface area contributed by atoms with E-state index in [0.29, 0.717) is 19.6 Å². The van der Waals surface area contributed by atoms with Crippen LogP contribution in [0.2, 0.25) is 0 Å². The predicted molar refractivity (Wildman–Crippen MR) is 70.0 cm³/mol. The van der Waals surface area contributed by atoms with E-state index in [2.05, 4.69) is 0 Å². The summed E-state index contributed by atoms with van der Waals surface area (Å²) in [4.78, 5) is 15.8. The van der Waals surface area contributed by atoms with Crippen molar-refractivity contribution in [2.45, 2.75) is 19.1 Å². The average molecular weight is 248 g/mol. The van der Waals surface area contributed by atoms with E-state index in [1.807, 2.05) is 42.3 Å². The molecule has 0 bridgehead atoms. The van der Waals surface area contributed by atoms with E-state index in [1.54, 1.807) is 4.90 Å². The topological polar surface area (TPSA) is 43.8 Å². The summed E-state index contributed by atoms with van der Waals surface area (Å²) in [6.07, 6.45) is 0.507. The van der Waals surface area contributed by atoms with Crippen molar-refractivity contribution in [3.63, 3.8) is 0 Å². The minimum atomic E-state index is -0.266. The Labute approximate surface area is 108 Å². The third-order valence-corrected chi connectivity index (χ3v) is 3.29.